The van der Waals surface area contributed by atoms with Crippen LogP contribution >= 0.6 is 11.8 Å². The number of rotatable bonds is 4. The minimum atomic E-state index is 0.743. The molecule has 2 aliphatic carbocycles. The van der Waals surface area contributed by atoms with Gasteiger partial charge in [0.25, 0.3) is 0 Å². The highest BCUT2D eigenvalue weighted by atomic mass is 32.2. The first-order valence-corrected chi connectivity index (χ1v) is 7.83. The molecule has 1 N–H and O–H groups in total. The zero-order valence-corrected chi connectivity index (χ0v) is 11.3. The van der Waals surface area contributed by atoms with E-state index in [4.69, 9.17) is 0 Å². The van der Waals surface area contributed by atoms with Gasteiger partial charge in [-0.2, -0.15) is 0 Å². The number of anilines is 1. The maximum atomic E-state index is 3.80. The van der Waals surface area contributed by atoms with Gasteiger partial charge in [0.15, 0.2) is 0 Å². The third-order valence-electron chi connectivity index (χ3n) is 4.27. The van der Waals surface area contributed by atoms with Gasteiger partial charge in [-0.3, -0.25) is 0 Å². The van der Waals surface area contributed by atoms with Gasteiger partial charge in [0.05, 0.1) is 0 Å². The van der Waals surface area contributed by atoms with Gasteiger partial charge in [-0.25, -0.2) is 0 Å². The predicted octanol–water partition coefficient (Wildman–Crippen LogP) is 4.40. The first-order chi connectivity index (χ1) is 8.36. The van der Waals surface area contributed by atoms with Crippen LogP contribution in [0.15, 0.2) is 29.2 Å². The molecule has 17 heavy (non-hydrogen) atoms. The van der Waals surface area contributed by atoms with Crippen LogP contribution in [0.1, 0.15) is 32.6 Å². The van der Waals surface area contributed by atoms with Crippen molar-refractivity contribution < 1.29 is 0 Å². The topological polar surface area (TPSA) is 12.0 Å². The van der Waals surface area contributed by atoms with Gasteiger partial charge in [0.1, 0.15) is 0 Å². The SMILES string of the molecule is CCSc1ccccc1NC1CC2CCC1C2. The summed E-state index contributed by atoms with van der Waals surface area (Å²) in [4.78, 5) is 1.41. The van der Waals surface area contributed by atoms with E-state index >= 15 is 0 Å². The van der Waals surface area contributed by atoms with Gasteiger partial charge in [-0.1, -0.05) is 25.5 Å². The molecule has 0 aromatic heterocycles. The summed E-state index contributed by atoms with van der Waals surface area (Å²) in [6.45, 7) is 2.22. The second kappa shape index (κ2) is 4.93. The van der Waals surface area contributed by atoms with Gasteiger partial charge in [0, 0.05) is 16.6 Å². The Kier molecular flexibility index (Phi) is 3.32. The van der Waals surface area contributed by atoms with Gasteiger partial charge in [-0.15, -0.1) is 11.8 Å². The minimum Gasteiger partial charge on any atom is -0.381 e. The van der Waals surface area contributed by atoms with E-state index in [0.29, 0.717) is 0 Å². The van der Waals surface area contributed by atoms with Crippen molar-refractivity contribution in [2.24, 2.45) is 11.8 Å². The number of benzene rings is 1. The van der Waals surface area contributed by atoms with Crippen molar-refractivity contribution in [3.8, 4) is 0 Å². The number of fused-ring (bicyclic) bond motifs is 2. The van der Waals surface area contributed by atoms with E-state index < -0.39 is 0 Å². The number of hydrogen-bond donors (Lipinski definition) is 1. The molecule has 92 valence electrons. The van der Waals surface area contributed by atoms with E-state index in [-0.39, 0.29) is 0 Å². The van der Waals surface area contributed by atoms with Gasteiger partial charge in [0.2, 0.25) is 0 Å². The normalized spacial score (nSPS) is 30.8. The quantitative estimate of drug-likeness (QED) is 0.791. The number of para-hydroxylation sites is 1. The molecule has 0 saturated heterocycles. The highest BCUT2D eigenvalue weighted by molar-refractivity contribution is 7.99. The number of nitrogens with one attached hydrogen (secondary N) is 1. The van der Waals surface area contributed by atoms with E-state index in [9.17, 15) is 0 Å². The van der Waals surface area contributed by atoms with Crippen molar-refractivity contribution in [1.29, 1.82) is 0 Å². The fourth-order valence-electron chi connectivity index (χ4n) is 3.49. The lowest BCUT2D eigenvalue weighted by atomic mass is 9.95. The molecule has 0 radical (unpaired) electrons. The molecule has 2 bridgehead atoms. The fraction of sp³-hybridized carbons (Fsp3) is 0.600. The Morgan fingerprint density at radius 3 is 2.82 bits per heavy atom. The molecule has 0 heterocycles. The Morgan fingerprint density at radius 1 is 1.24 bits per heavy atom. The summed E-state index contributed by atoms with van der Waals surface area (Å²) in [5, 5.41) is 3.80. The molecule has 1 nitrogen and oxygen atoms in total. The Hall–Kier alpha value is -0.630. The number of thioether (sulfide) groups is 1. The number of hydrogen-bond acceptors (Lipinski definition) is 2. The lowest BCUT2D eigenvalue weighted by molar-refractivity contribution is 0.439. The Bertz CT molecular complexity index is 390. The highest BCUT2D eigenvalue weighted by Crippen LogP contribution is 2.46. The van der Waals surface area contributed by atoms with Crippen LogP contribution in [-0.2, 0) is 0 Å². The lowest BCUT2D eigenvalue weighted by Gasteiger charge is -2.25. The molecule has 3 rings (SSSR count). The van der Waals surface area contributed by atoms with Gasteiger partial charge >= 0.3 is 0 Å². The van der Waals surface area contributed by atoms with Crippen LogP contribution in [0.3, 0.4) is 0 Å². The average Bonchev–Trinajstić information content (AvgIpc) is 2.94. The molecular weight excluding hydrogens is 226 g/mol. The Morgan fingerprint density at radius 2 is 2.12 bits per heavy atom. The van der Waals surface area contributed by atoms with E-state index in [1.54, 1.807) is 0 Å². The summed E-state index contributed by atoms with van der Waals surface area (Å²) in [5.74, 6) is 3.11. The second-order valence-corrected chi connectivity index (χ2v) is 6.66. The monoisotopic (exact) mass is 247 g/mol. The zero-order valence-electron chi connectivity index (χ0n) is 10.5. The molecule has 3 unspecified atom stereocenters. The Labute approximate surface area is 108 Å². The van der Waals surface area contributed by atoms with E-state index in [1.807, 2.05) is 11.8 Å². The molecule has 2 fully saturated rings. The van der Waals surface area contributed by atoms with E-state index in [1.165, 1.54) is 36.3 Å². The maximum Gasteiger partial charge on any atom is 0.0480 e. The molecule has 3 atom stereocenters. The summed E-state index contributed by atoms with van der Waals surface area (Å²) in [6, 6.07) is 9.51. The largest absolute Gasteiger partial charge is 0.381 e. The fourth-order valence-corrected chi connectivity index (χ4v) is 4.26. The molecule has 2 aliphatic rings. The first kappa shape index (κ1) is 11.5. The molecule has 0 aliphatic heterocycles. The van der Waals surface area contributed by atoms with Crippen molar-refractivity contribution >= 4 is 17.4 Å². The summed E-state index contributed by atoms with van der Waals surface area (Å²) in [7, 11) is 0. The second-order valence-electron chi connectivity index (χ2n) is 5.35. The lowest BCUT2D eigenvalue weighted by Crippen LogP contribution is -2.26. The third kappa shape index (κ3) is 2.33. The minimum absolute atomic E-state index is 0.743. The van der Waals surface area contributed by atoms with Gasteiger partial charge < -0.3 is 5.32 Å². The van der Waals surface area contributed by atoms with Crippen LogP contribution in [0.25, 0.3) is 0 Å². The van der Waals surface area contributed by atoms with Crippen molar-refractivity contribution in [2.45, 2.75) is 43.5 Å². The molecule has 0 spiro atoms. The van der Waals surface area contributed by atoms with Crippen LogP contribution in [0.5, 0.6) is 0 Å². The van der Waals surface area contributed by atoms with Crippen LogP contribution in [0, 0.1) is 11.8 Å². The van der Waals surface area contributed by atoms with Crippen LogP contribution in [-0.4, -0.2) is 11.8 Å². The first-order valence-electron chi connectivity index (χ1n) is 6.85. The zero-order chi connectivity index (χ0) is 11.7. The van der Waals surface area contributed by atoms with Crippen molar-refractivity contribution in [2.75, 3.05) is 11.1 Å². The Balaban J connectivity index is 1.72. The summed E-state index contributed by atoms with van der Waals surface area (Å²) in [5.41, 5.74) is 1.36. The van der Waals surface area contributed by atoms with E-state index in [2.05, 4.69) is 36.5 Å². The molecule has 2 heteroatoms. The molecule has 1 aromatic rings. The highest BCUT2D eigenvalue weighted by Gasteiger charge is 2.39. The standard InChI is InChI=1S/C15H21NS/c1-2-17-15-6-4-3-5-13(15)16-14-10-11-7-8-12(14)9-11/h3-6,11-12,14,16H,2,7-10H2,1H3. The van der Waals surface area contributed by atoms with Crippen LogP contribution in [0.2, 0.25) is 0 Å². The van der Waals surface area contributed by atoms with Gasteiger partial charge in [-0.05, 0) is 49.0 Å². The molecule has 1 aromatic carbocycles. The molecular formula is C15H21NS. The molecule has 0 amide bonds. The summed E-state index contributed by atoms with van der Waals surface area (Å²) in [6.07, 6.45) is 5.80. The van der Waals surface area contributed by atoms with Crippen molar-refractivity contribution in [1.82, 2.24) is 0 Å². The van der Waals surface area contributed by atoms with E-state index in [0.717, 1.165) is 23.6 Å². The van der Waals surface area contributed by atoms with Crippen molar-refractivity contribution in [3.63, 3.8) is 0 Å². The third-order valence-corrected chi connectivity index (χ3v) is 5.22. The average molecular weight is 247 g/mol. The smallest absolute Gasteiger partial charge is 0.0480 e. The summed E-state index contributed by atoms with van der Waals surface area (Å²) < 4.78 is 0. The maximum absolute atomic E-state index is 3.80. The summed E-state index contributed by atoms with van der Waals surface area (Å²) >= 11 is 1.94. The molecule has 2 saturated carbocycles. The van der Waals surface area contributed by atoms with Crippen LogP contribution < -0.4 is 5.32 Å². The predicted molar refractivity (Wildman–Crippen MR) is 75.7 cm³/mol. The van der Waals surface area contributed by atoms with Crippen molar-refractivity contribution in [3.05, 3.63) is 24.3 Å². The van der Waals surface area contributed by atoms with Crippen LogP contribution in [0.4, 0.5) is 5.69 Å².